The molecular weight excluding hydrogens is 539 g/mol. The molecule has 1 aliphatic rings. The van der Waals surface area contributed by atoms with Crippen molar-refractivity contribution in [2.24, 2.45) is 0 Å². The highest BCUT2D eigenvalue weighted by Crippen LogP contribution is 2.49. The van der Waals surface area contributed by atoms with E-state index < -0.39 is 29.4 Å². The number of nitrogens with one attached hydrogen (secondary N) is 1. The Morgan fingerprint density at radius 2 is 1.79 bits per heavy atom. The molecule has 1 aromatic heterocycles. The lowest BCUT2D eigenvalue weighted by atomic mass is 9.92. The Balaban J connectivity index is 1.38. The van der Waals surface area contributed by atoms with Crippen molar-refractivity contribution in [3.63, 3.8) is 0 Å². The first kappa shape index (κ1) is 26.8. The van der Waals surface area contributed by atoms with Crippen LogP contribution >= 0.6 is 23.1 Å². The summed E-state index contributed by atoms with van der Waals surface area (Å²) in [6.45, 7) is 5.34. The molecule has 0 aliphatic heterocycles. The maximum Gasteiger partial charge on any atom is 0.412 e. The molecule has 1 aliphatic carbocycles. The van der Waals surface area contributed by atoms with Gasteiger partial charge >= 0.3 is 12.1 Å². The first-order valence-electron chi connectivity index (χ1n) is 12.4. The quantitative estimate of drug-likeness (QED) is 0.235. The Kier molecular flexibility index (Phi) is 7.18. The number of aryl methyl sites for hydroxylation is 2. The molecule has 0 bridgehead atoms. The third-order valence-corrected chi connectivity index (χ3v) is 8.50. The van der Waals surface area contributed by atoms with Gasteiger partial charge < -0.3 is 9.84 Å². The Bertz CT molecular complexity index is 1580. The molecule has 0 spiro atoms. The predicted molar refractivity (Wildman–Crippen MR) is 151 cm³/mol. The fourth-order valence-corrected chi connectivity index (χ4v) is 5.90. The van der Waals surface area contributed by atoms with Gasteiger partial charge in [-0.2, -0.15) is 4.37 Å². The van der Waals surface area contributed by atoms with Crippen LogP contribution < -0.4 is 5.32 Å². The van der Waals surface area contributed by atoms with Gasteiger partial charge in [-0.3, -0.25) is 10.1 Å². The number of benzene rings is 3. The standard InChI is InChI=1S/C30H26ClFN2O4S/c1-16-14-23(25(32)15-22(16)19-8-10-20(11-9-19)30(12-13-30)28(35)36)27-26(17(2)34-39-27)33-29(37)38-18(3)21-6-4-5-7-24(21)31/h4-11,14-15,18H,12-13H2,1-3H3,(H,33,37)(H,35,36). The fraction of sp³-hybridized carbons (Fsp3) is 0.233. The summed E-state index contributed by atoms with van der Waals surface area (Å²) in [5.41, 5.74) is 4.21. The van der Waals surface area contributed by atoms with Gasteiger partial charge in [0.2, 0.25) is 0 Å². The maximum atomic E-state index is 15.5. The number of nitrogens with zero attached hydrogens (tertiary/aromatic N) is 1. The molecule has 0 radical (unpaired) electrons. The summed E-state index contributed by atoms with van der Waals surface area (Å²) in [5.74, 6) is -1.28. The van der Waals surface area contributed by atoms with E-state index in [2.05, 4.69) is 9.69 Å². The molecule has 39 heavy (non-hydrogen) atoms. The number of rotatable bonds is 7. The van der Waals surface area contributed by atoms with E-state index in [0.29, 0.717) is 50.8 Å². The second-order valence-corrected chi connectivity index (χ2v) is 11.0. The molecule has 3 aromatic carbocycles. The van der Waals surface area contributed by atoms with Gasteiger partial charge in [0.1, 0.15) is 11.9 Å². The summed E-state index contributed by atoms with van der Waals surface area (Å²) >= 11 is 7.31. The number of carbonyl (C=O) groups excluding carboxylic acids is 1. The van der Waals surface area contributed by atoms with Crippen molar-refractivity contribution in [1.29, 1.82) is 0 Å². The minimum absolute atomic E-state index is 0.315. The average molecular weight is 565 g/mol. The van der Waals surface area contributed by atoms with Crippen molar-refractivity contribution in [2.75, 3.05) is 5.32 Å². The summed E-state index contributed by atoms with van der Waals surface area (Å²) in [5, 5.41) is 12.8. The minimum Gasteiger partial charge on any atom is -0.481 e. The van der Waals surface area contributed by atoms with Crippen molar-refractivity contribution in [2.45, 2.75) is 45.1 Å². The molecule has 1 saturated carbocycles. The topological polar surface area (TPSA) is 88.5 Å². The number of hydrogen-bond acceptors (Lipinski definition) is 5. The SMILES string of the molecule is Cc1cc(-c2snc(C)c2NC(=O)OC(C)c2ccccc2Cl)c(F)cc1-c1ccc(C2(C(=O)O)CC2)cc1. The molecule has 200 valence electrons. The lowest BCUT2D eigenvalue weighted by Gasteiger charge is -2.16. The van der Waals surface area contributed by atoms with Crippen LogP contribution in [0.4, 0.5) is 14.9 Å². The van der Waals surface area contributed by atoms with E-state index in [1.165, 1.54) is 6.07 Å². The lowest BCUT2D eigenvalue weighted by molar-refractivity contribution is -0.140. The van der Waals surface area contributed by atoms with Crippen LogP contribution in [0.3, 0.4) is 0 Å². The van der Waals surface area contributed by atoms with Gasteiger partial charge in [0.15, 0.2) is 0 Å². The molecule has 1 unspecified atom stereocenters. The highest BCUT2D eigenvalue weighted by molar-refractivity contribution is 7.10. The predicted octanol–water partition coefficient (Wildman–Crippen LogP) is 8.31. The number of carboxylic acid groups (broad SMARTS) is 1. The van der Waals surface area contributed by atoms with Crippen LogP contribution in [-0.4, -0.2) is 21.5 Å². The van der Waals surface area contributed by atoms with Crippen LogP contribution in [0.5, 0.6) is 0 Å². The number of ether oxygens (including phenoxy) is 1. The minimum atomic E-state index is -0.812. The molecule has 1 amide bonds. The summed E-state index contributed by atoms with van der Waals surface area (Å²) in [6.07, 6.45) is -0.0398. The summed E-state index contributed by atoms with van der Waals surface area (Å²) in [6, 6.07) is 17.6. The van der Waals surface area contributed by atoms with Gasteiger partial charge in [0.25, 0.3) is 0 Å². The Labute approximate surface area is 234 Å². The highest BCUT2D eigenvalue weighted by Gasteiger charge is 2.51. The Morgan fingerprint density at radius 1 is 1.10 bits per heavy atom. The van der Waals surface area contributed by atoms with Crippen LogP contribution in [0.25, 0.3) is 21.6 Å². The highest BCUT2D eigenvalue weighted by atomic mass is 35.5. The largest absolute Gasteiger partial charge is 0.481 e. The average Bonchev–Trinajstić information content (AvgIpc) is 3.65. The first-order chi connectivity index (χ1) is 18.6. The molecule has 2 N–H and O–H groups in total. The van der Waals surface area contributed by atoms with Crippen LogP contribution in [0.2, 0.25) is 5.02 Å². The zero-order valence-electron chi connectivity index (χ0n) is 21.5. The summed E-state index contributed by atoms with van der Waals surface area (Å²) in [7, 11) is 0. The van der Waals surface area contributed by atoms with Gasteiger partial charge in [0.05, 0.1) is 21.7 Å². The maximum absolute atomic E-state index is 15.5. The molecule has 1 atom stereocenters. The number of carboxylic acids is 1. The lowest BCUT2D eigenvalue weighted by Crippen LogP contribution is -2.19. The second kappa shape index (κ2) is 10.4. The number of aliphatic carboxylic acids is 1. The van der Waals surface area contributed by atoms with E-state index in [1.54, 1.807) is 38.1 Å². The molecule has 4 aromatic rings. The van der Waals surface area contributed by atoms with Gasteiger partial charge in [-0.05, 0) is 85.6 Å². The number of amides is 1. The van der Waals surface area contributed by atoms with Crippen LogP contribution in [0, 0.1) is 19.7 Å². The van der Waals surface area contributed by atoms with Crippen molar-refractivity contribution in [1.82, 2.24) is 4.37 Å². The number of aromatic nitrogens is 1. The van der Waals surface area contributed by atoms with E-state index in [4.69, 9.17) is 16.3 Å². The molecular formula is C30H26ClFN2O4S. The van der Waals surface area contributed by atoms with Gasteiger partial charge in [-0.25, -0.2) is 9.18 Å². The second-order valence-electron chi connectivity index (χ2n) is 9.78. The summed E-state index contributed by atoms with van der Waals surface area (Å²) in [4.78, 5) is 24.9. The van der Waals surface area contributed by atoms with Gasteiger partial charge in [-0.15, -0.1) is 0 Å². The Morgan fingerprint density at radius 3 is 2.44 bits per heavy atom. The van der Waals surface area contributed by atoms with E-state index >= 15 is 4.39 Å². The van der Waals surface area contributed by atoms with Crippen molar-refractivity contribution < 1.29 is 23.8 Å². The summed E-state index contributed by atoms with van der Waals surface area (Å²) < 4.78 is 25.4. The molecule has 5 rings (SSSR count). The number of halogens is 2. The molecule has 6 nitrogen and oxygen atoms in total. The molecule has 1 fully saturated rings. The van der Waals surface area contributed by atoms with E-state index in [1.807, 2.05) is 37.3 Å². The van der Waals surface area contributed by atoms with Crippen LogP contribution in [0.1, 0.15) is 48.3 Å². The van der Waals surface area contributed by atoms with Crippen LogP contribution in [0.15, 0.2) is 60.7 Å². The monoisotopic (exact) mass is 564 g/mol. The Hall–Kier alpha value is -3.75. The van der Waals surface area contributed by atoms with Crippen molar-refractivity contribution >= 4 is 40.9 Å². The van der Waals surface area contributed by atoms with Crippen LogP contribution in [-0.2, 0) is 14.9 Å². The van der Waals surface area contributed by atoms with Gasteiger partial charge in [0, 0.05) is 16.1 Å². The first-order valence-corrected chi connectivity index (χ1v) is 13.6. The fourth-order valence-electron chi connectivity index (χ4n) is 4.75. The normalized spacial score (nSPS) is 14.5. The third-order valence-electron chi connectivity index (χ3n) is 7.18. The van der Waals surface area contributed by atoms with Gasteiger partial charge in [-0.1, -0.05) is 54.1 Å². The zero-order chi connectivity index (χ0) is 27.9. The molecule has 1 heterocycles. The smallest absolute Gasteiger partial charge is 0.412 e. The zero-order valence-corrected chi connectivity index (χ0v) is 23.1. The molecule has 9 heteroatoms. The number of hydrogen-bond donors (Lipinski definition) is 2. The van der Waals surface area contributed by atoms with E-state index in [-0.39, 0.29) is 0 Å². The number of anilines is 1. The molecule has 0 saturated heterocycles. The van der Waals surface area contributed by atoms with Crippen molar-refractivity contribution in [3.8, 4) is 21.6 Å². The number of carbonyl (C=O) groups is 2. The van der Waals surface area contributed by atoms with Crippen molar-refractivity contribution in [3.05, 3.63) is 93.9 Å². The van der Waals surface area contributed by atoms with E-state index in [9.17, 15) is 14.7 Å². The van der Waals surface area contributed by atoms with E-state index in [0.717, 1.165) is 28.2 Å². The third kappa shape index (κ3) is 5.14.